The number of phenols is 1. The van der Waals surface area contributed by atoms with Crippen molar-refractivity contribution < 1.29 is 27.8 Å². The number of carbonyl (C=O) groups is 1. The van der Waals surface area contributed by atoms with Gasteiger partial charge in [0.2, 0.25) is 0 Å². The summed E-state index contributed by atoms with van der Waals surface area (Å²) in [5.74, 6) is -0.375. The second-order valence-corrected chi connectivity index (χ2v) is 4.61. The van der Waals surface area contributed by atoms with Gasteiger partial charge < -0.3 is 14.7 Å². The molecule has 0 atom stereocenters. The number of amides is 1. The average molecular weight is 301 g/mol. The third-order valence-electron chi connectivity index (χ3n) is 3.30. The number of carbonyl (C=O) groups excluding carboxylic acids is 1. The summed E-state index contributed by atoms with van der Waals surface area (Å²) >= 11 is 0. The highest BCUT2D eigenvalue weighted by molar-refractivity contribution is 5.97. The molecule has 114 valence electrons. The van der Waals surface area contributed by atoms with E-state index < -0.39 is 17.7 Å². The van der Waals surface area contributed by atoms with E-state index in [1.165, 1.54) is 30.2 Å². The number of phenolic OH excluding ortho intramolecular Hbond substituents is 1. The summed E-state index contributed by atoms with van der Waals surface area (Å²) in [5, 5.41) is 9.78. The van der Waals surface area contributed by atoms with Crippen molar-refractivity contribution in [2.75, 3.05) is 20.2 Å². The van der Waals surface area contributed by atoms with E-state index in [4.69, 9.17) is 4.74 Å². The quantitative estimate of drug-likeness (QED) is 0.855. The Kier molecular flexibility index (Phi) is 4.11. The fourth-order valence-electron chi connectivity index (χ4n) is 2.10. The zero-order valence-corrected chi connectivity index (χ0v) is 11.3. The summed E-state index contributed by atoms with van der Waals surface area (Å²) < 4.78 is 42.5. The van der Waals surface area contributed by atoms with Gasteiger partial charge >= 0.3 is 6.18 Å². The monoisotopic (exact) mass is 301 g/mol. The molecule has 0 unspecified atom stereocenters. The minimum absolute atomic E-state index is 0.0321. The van der Waals surface area contributed by atoms with Gasteiger partial charge in [0, 0.05) is 24.7 Å². The summed E-state index contributed by atoms with van der Waals surface area (Å²) in [6, 6.07) is 4.18. The normalized spacial score (nSPS) is 15.6. The van der Waals surface area contributed by atoms with Crippen molar-refractivity contribution in [3.05, 3.63) is 35.4 Å². The van der Waals surface area contributed by atoms with Crippen LogP contribution in [0.4, 0.5) is 13.2 Å². The topological polar surface area (TPSA) is 49.8 Å². The molecule has 0 radical (unpaired) electrons. The zero-order valence-electron chi connectivity index (χ0n) is 11.3. The Labute approximate surface area is 119 Å². The molecule has 1 N–H and O–H groups in total. The summed E-state index contributed by atoms with van der Waals surface area (Å²) in [4.78, 5) is 13.5. The Morgan fingerprint density at radius 2 is 2.10 bits per heavy atom. The third-order valence-corrected chi connectivity index (χ3v) is 3.30. The van der Waals surface area contributed by atoms with Crippen LogP contribution in [0.5, 0.6) is 11.5 Å². The molecular formula is C14H14F3NO3. The van der Waals surface area contributed by atoms with E-state index in [1.54, 1.807) is 0 Å². The lowest BCUT2D eigenvalue weighted by Gasteiger charge is -2.27. The fourth-order valence-corrected chi connectivity index (χ4v) is 2.10. The van der Waals surface area contributed by atoms with E-state index in [1.807, 2.05) is 0 Å². The molecule has 1 heterocycles. The molecule has 1 aromatic rings. The average Bonchev–Trinajstić information content (AvgIpc) is 2.45. The number of ether oxygens (including phenoxy) is 1. The largest absolute Gasteiger partial charge is 0.507 e. The highest BCUT2D eigenvalue weighted by atomic mass is 19.4. The first kappa shape index (κ1) is 15.2. The lowest BCUT2D eigenvalue weighted by atomic mass is 10.1. The number of benzene rings is 1. The van der Waals surface area contributed by atoms with E-state index in [2.05, 4.69) is 0 Å². The lowest BCUT2D eigenvalue weighted by molar-refractivity contribution is -0.0957. The van der Waals surface area contributed by atoms with Crippen molar-refractivity contribution in [2.45, 2.75) is 12.6 Å². The second kappa shape index (κ2) is 5.67. The highest BCUT2D eigenvalue weighted by Crippen LogP contribution is 2.31. The molecule has 21 heavy (non-hydrogen) atoms. The molecule has 0 spiro atoms. The summed E-state index contributed by atoms with van der Waals surface area (Å²) in [7, 11) is 1.42. The highest BCUT2D eigenvalue weighted by Gasteiger charge is 2.35. The number of aromatic hydroxyl groups is 1. The van der Waals surface area contributed by atoms with Crippen LogP contribution in [0.1, 0.15) is 16.8 Å². The van der Waals surface area contributed by atoms with Crippen LogP contribution in [0.15, 0.2) is 29.8 Å². The first-order valence-corrected chi connectivity index (χ1v) is 6.25. The second-order valence-electron chi connectivity index (χ2n) is 4.61. The van der Waals surface area contributed by atoms with Gasteiger partial charge in [-0.05, 0) is 18.6 Å². The predicted octanol–water partition coefficient (Wildman–Crippen LogP) is 2.74. The molecule has 0 bridgehead atoms. The number of methoxy groups -OCH3 is 1. The molecule has 1 aromatic carbocycles. The van der Waals surface area contributed by atoms with Crippen LogP contribution in [0, 0.1) is 0 Å². The van der Waals surface area contributed by atoms with Gasteiger partial charge in [-0.2, -0.15) is 13.2 Å². The fraction of sp³-hybridized carbons (Fsp3) is 0.357. The standard InChI is InChI=1S/C14H14F3NO3/c1-21-10-2-3-11(12(19)8-10)13(20)18-6-4-9(5-7-18)14(15,16)17/h2-4,8,19H,5-7H2,1H3. The molecule has 1 aliphatic heterocycles. The number of rotatable bonds is 2. The van der Waals surface area contributed by atoms with Crippen molar-refractivity contribution >= 4 is 5.91 Å². The van der Waals surface area contributed by atoms with Gasteiger partial charge in [0.1, 0.15) is 11.5 Å². The van der Waals surface area contributed by atoms with Crippen LogP contribution >= 0.6 is 0 Å². The Balaban J connectivity index is 2.14. The molecule has 0 fully saturated rings. The van der Waals surface area contributed by atoms with Crippen LogP contribution in [-0.4, -0.2) is 42.3 Å². The van der Waals surface area contributed by atoms with Crippen LogP contribution in [0.25, 0.3) is 0 Å². The maximum Gasteiger partial charge on any atom is 0.412 e. The minimum atomic E-state index is -4.35. The molecule has 2 rings (SSSR count). The molecular weight excluding hydrogens is 287 g/mol. The van der Waals surface area contributed by atoms with Gasteiger partial charge in [-0.25, -0.2) is 0 Å². The molecule has 1 amide bonds. The Morgan fingerprint density at radius 1 is 1.38 bits per heavy atom. The van der Waals surface area contributed by atoms with E-state index in [0.29, 0.717) is 5.75 Å². The maximum atomic E-state index is 12.5. The van der Waals surface area contributed by atoms with Crippen LogP contribution in [0.3, 0.4) is 0 Å². The molecule has 1 aliphatic rings. The SMILES string of the molecule is COc1ccc(C(=O)N2CC=C(C(F)(F)F)CC2)c(O)c1. The summed E-state index contributed by atoms with van der Waals surface area (Å²) in [5.41, 5.74) is -0.579. The molecule has 0 saturated carbocycles. The summed E-state index contributed by atoms with van der Waals surface area (Å²) in [6.07, 6.45) is -3.59. The van der Waals surface area contributed by atoms with Crippen LogP contribution in [-0.2, 0) is 0 Å². The lowest BCUT2D eigenvalue weighted by Crippen LogP contribution is -2.36. The van der Waals surface area contributed by atoms with Gasteiger partial charge in [0.05, 0.1) is 12.7 Å². The number of nitrogens with zero attached hydrogens (tertiary/aromatic N) is 1. The summed E-state index contributed by atoms with van der Waals surface area (Å²) in [6.45, 7) is -0.158. The molecule has 0 aromatic heterocycles. The number of halogens is 3. The Hall–Kier alpha value is -2.18. The van der Waals surface area contributed by atoms with Gasteiger partial charge in [0.15, 0.2) is 0 Å². The van der Waals surface area contributed by atoms with E-state index in [-0.39, 0.29) is 30.8 Å². The third kappa shape index (κ3) is 3.29. The zero-order chi connectivity index (χ0) is 15.6. The minimum Gasteiger partial charge on any atom is -0.507 e. The van der Waals surface area contributed by atoms with Crippen molar-refractivity contribution in [1.82, 2.24) is 4.90 Å². The maximum absolute atomic E-state index is 12.5. The van der Waals surface area contributed by atoms with Crippen molar-refractivity contribution in [3.8, 4) is 11.5 Å². The van der Waals surface area contributed by atoms with Gasteiger partial charge in [-0.1, -0.05) is 6.08 Å². The van der Waals surface area contributed by atoms with Gasteiger partial charge in [-0.3, -0.25) is 4.79 Å². The Morgan fingerprint density at radius 3 is 2.57 bits per heavy atom. The first-order chi connectivity index (χ1) is 9.82. The van der Waals surface area contributed by atoms with E-state index >= 15 is 0 Å². The van der Waals surface area contributed by atoms with Crippen molar-refractivity contribution in [2.24, 2.45) is 0 Å². The molecule has 7 heteroatoms. The van der Waals surface area contributed by atoms with Gasteiger partial charge in [0.25, 0.3) is 5.91 Å². The van der Waals surface area contributed by atoms with E-state index in [9.17, 15) is 23.1 Å². The van der Waals surface area contributed by atoms with Crippen LogP contribution in [0.2, 0.25) is 0 Å². The van der Waals surface area contributed by atoms with Crippen molar-refractivity contribution in [1.29, 1.82) is 0 Å². The smallest absolute Gasteiger partial charge is 0.412 e. The van der Waals surface area contributed by atoms with Crippen LogP contribution < -0.4 is 4.74 Å². The van der Waals surface area contributed by atoms with Crippen molar-refractivity contribution in [3.63, 3.8) is 0 Å². The first-order valence-electron chi connectivity index (χ1n) is 6.25. The predicted molar refractivity (Wildman–Crippen MR) is 69.3 cm³/mol. The molecule has 4 nitrogen and oxygen atoms in total. The van der Waals surface area contributed by atoms with Gasteiger partial charge in [-0.15, -0.1) is 0 Å². The number of hydrogen-bond acceptors (Lipinski definition) is 3. The number of hydrogen-bond donors (Lipinski definition) is 1. The Bertz CT molecular complexity index is 581. The number of alkyl halides is 3. The van der Waals surface area contributed by atoms with E-state index in [0.717, 1.165) is 6.08 Å². The molecule has 0 saturated heterocycles. The molecule has 0 aliphatic carbocycles.